The van der Waals surface area contributed by atoms with Crippen molar-refractivity contribution in [1.29, 1.82) is 0 Å². The number of fused-ring (bicyclic) bond motifs is 1. The van der Waals surface area contributed by atoms with Crippen molar-refractivity contribution in [3.63, 3.8) is 0 Å². The SMILES string of the molecule is Cc1ccc(NC(=O)CN2CCCc3c(N)cccc32)c(F)c1.Cl. The van der Waals surface area contributed by atoms with Crippen molar-refractivity contribution in [3.8, 4) is 0 Å². The molecule has 128 valence electrons. The van der Waals surface area contributed by atoms with Gasteiger partial charge in [0.05, 0.1) is 12.2 Å². The minimum atomic E-state index is -0.415. The minimum Gasteiger partial charge on any atom is -0.398 e. The highest BCUT2D eigenvalue weighted by Gasteiger charge is 2.20. The predicted octanol–water partition coefficient (Wildman–Crippen LogP) is 3.53. The van der Waals surface area contributed by atoms with Crippen LogP contribution in [0.15, 0.2) is 36.4 Å². The summed E-state index contributed by atoms with van der Waals surface area (Å²) in [5, 5.41) is 2.64. The Hall–Kier alpha value is -2.27. The molecular formula is C18H21ClFN3O. The molecule has 0 saturated heterocycles. The van der Waals surface area contributed by atoms with E-state index in [-0.39, 0.29) is 30.5 Å². The van der Waals surface area contributed by atoms with Crippen LogP contribution in [0, 0.1) is 12.7 Å². The largest absolute Gasteiger partial charge is 0.398 e. The summed E-state index contributed by atoms with van der Waals surface area (Å²) in [6.07, 6.45) is 1.88. The lowest BCUT2D eigenvalue weighted by Gasteiger charge is -2.31. The Balaban J connectivity index is 0.00000208. The molecule has 0 radical (unpaired) electrons. The van der Waals surface area contributed by atoms with E-state index in [1.807, 2.05) is 30.0 Å². The summed E-state index contributed by atoms with van der Waals surface area (Å²) in [4.78, 5) is 14.3. The van der Waals surface area contributed by atoms with Crippen LogP contribution in [0.1, 0.15) is 17.5 Å². The van der Waals surface area contributed by atoms with Crippen molar-refractivity contribution >= 4 is 35.4 Å². The van der Waals surface area contributed by atoms with E-state index < -0.39 is 5.82 Å². The maximum Gasteiger partial charge on any atom is 0.243 e. The number of aryl methyl sites for hydroxylation is 1. The Labute approximate surface area is 147 Å². The minimum absolute atomic E-state index is 0. The third-order valence-corrected chi connectivity index (χ3v) is 4.12. The van der Waals surface area contributed by atoms with Crippen LogP contribution >= 0.6 is 12.4 Å². The molecular weight excluding hydrogens is 329 g/mol. The lowest BCUT2D eigenvalue weighted by molar-refractivity contribution is -0.115. The number of amides is 1. The fraction of sp³-hybridized carbons (Fsp3) is 0.278. The van der Waals surface area contributed by atoms with Crippen molar-refractivity contribution in [1.82, 2.24) is 0 Å². The van der Waals surface area contributed by atoms with Crippen molar-refractivity contribution in [2.75, 3.05) is 29.0 Å². The number of carbonyl (C=O) groups is 1. The molecule has 1 aliphatic heterocycles. The number of benzene rings is 2. The Kier molecular flexibility index (Phi) is 5.67. The summed E-state index contributed by atoms with van der Waals surface area (Å²) >= 11 is 0. The third-order valence-electron chi connectivity index (χ3n) is 4.12. The molecule has 0 unspecified atom stereocenters. The highest BCUT2D eigenvalue weighted by Crippen LogP contribution is 2.31. The molecule has 6 heteroatoms. The second-order valence-electron chi connectivity index (χ2n) is 5.90. The highest BCUT2D eigenvalue weighted by molar-refractivity contribution is 5.94. The van der Waals surface area contributed by atoms with Crippen LogP contribution in [0.2, 0.25) is 0 Å². The monoisotopic (exact) mass is 349 g/mol. The molecule has 4 nitrogen and oxygen atoms in total. The zero-order valence-electron chi connectivity index (χ0n) is 13.5. The highest BCUT2D eigenvalue weighted by atomic mass is 35.5. The Bertz CT molecular complexity index is 751. The standard InChI is InChI=1S/C18H20FN3O.ClH/c1-12-7-8-16(14(19)10-12)21-18(23)11-22-9-3-4-13-15(20)5-2-6-17(13)22;/h2,5-8,10H,3-4,9,11,20H2,1H3,(H,21,23);1H. The van der Waals surface area contributed by atoms with Crippen LogP contribution in [-0.2, 0) is 11.2 Å². The number of nitrogens with zero attached hydrogens (tertiary/aromatic N) is 1. The van der Waals surface area contributed by atoms with E-state index in [0.29, 0.717) is 0 Å². The van der Waals surface area contributed by atoms with Gasteiger partial charge in [-0.1, -0.05) is 12.1 Å². The second-order valence-corrected chi connectivity index (χ2v) is 5.90. The van der Waals surface area contributed by atoms with Crippen molar-refractivity contribution in [2.45, 2.75) is 19.8 Å². The lowest BCUT2D eigenvalue weighted by atomic mass is 10.00. The maximum absolute atomic E-state index is 13.8. The molecule has 0 bridgehead atoms. The summed E-state index contributed by atoms with van der Waals surface area (Å²) in [7, 11) is 0. The van der Waals surface area contributed by atoms with Gasteiger partial charge in [-0.3, -0.25) is 4.79 Å². The fourth-order valence-electron chi connectivity index (χ4n) is 2.98. The van der Waals surface area contributed by atoms with Gasteiger partial charge in [-0.15, -0.1) is 12.4 Å². The summed E-state index contributed by atoms with van der Waals surface area (Å²) in [5.41, 5.74) is 9.90. The average Bonchev–Trinajstić information content (AvgIpc) is 2.51. The van der Waals surface area contributed by atoms with Crippen LogP contribution < -0.4 is 16.0 Å². The molecule has 3 N–H and O–H groups in total. The fourth-order valence-corrected chi connectivity index (χ4v) is 2.98. The van der Waals surface area contributed by atoms with E-state index in [1.165, 1.54) is 6.07 Å². The first-order valence-corrected chi connectivity index (χ1v) is 7.73. The lowest BCUT2D eigenvalue weighted by Crippen LogP contribution is -2.37. The van der Waals surface area contributed by atoms with Gasteiger partial charge < -0.3 is 16.0 Å². The topological polar surface area (TPSA) is 58.4 Å². The molecule has 2 aromatic rings. The maximum atomic E-state index is 13.8. The van der Waals surface area contributed by atoms with Crippen molar-refractivity contribution in [2.24, 2.45) is 0 Å². The molecule has 1 amide bonds. The van der Waals surface area contributed by atoms with Gasteiger partial charge in [0.1, 0.15) is 5.82 Å². The number of carbonyl (C=O) groups excluding carboxylic acids is 1. The molecule has 0 spiro atoms. The molecule has 3 rings (SSSR count). The first-order chi connectivity index (χ1) is 11.0. The van der Waals surface area contributed by atoms with E-state index in [2.05, 4.69) is 5.32 Å². The van der Waals surface area contributed by atoms with Gasteiger partial charge >= 0.3 is 0 Å². The Morgan fingerprint density at radius 2 is 2.12 bits per heavy atom. The van der Waals surface area contributed by atoms with Crippen molar-refractivity contribution < 1.29 is 9.18 Å². The van der Waals surface area contributed by atoms with Gasteiger partial charge in [0.15, 0.2) is 0 Å². The predicted molar refractivity (Wildman–Crippen MR) is 98.4 cm³/mol. The summed E-state index contributed by atoms with van der Waals surface area (Å²) in [6.45, 7) is 2.79. The molecule has 0 aromatic heterocycles. The van der Waals surface area contributed by atoms with E-state index in [0.717, 1.165) is 41.9 Å². The number of hydrogen-bond donors (Lipinski definition) is 2. The van der Waals surface area contributed by atoms with Gasteiger partial charge in [0.2, 0.25) is 5.91 Å². The number of rotatable bonds is 3. The number of nitrogen functional groups attached to an aromatic ring is 1. The van der Waals surface area contributed by atoms with Gasteiger partial charge in [-0.25, -0.2) is 4.39 Å². The molecule has 0 fully saturated rings. The Morgan fingerprint density at radius 1 is 1.33 bits per heavy atom. The van der Waals surface area contributed by atoms with Crippen LogP contribution in [-0.4, -0.2) is 19.0 Å². The summed E-state index contributed by atoms with van der Waals surface area (Å²) in [5.74, 6) is -0.648. The van der Waals surface area contributed by atoms with E-state index in [1.54, 1.807) is 12.1 Å². The quantitative estimate of drug-likeness (QED) is 0.833. The third kappa shape index (κ3) is 3.79. The smallest absolute Gasteiger partial charge is 0.243 e. The van der Waals surface area contributed by atoms with Crippen molar-refractivity contribution in [3.05, 3.63) is 53.3 Å². The molecule has 1 heterocycles. The number of halogens is 2. The van der Waals surface area contributed by atoms with Gasteiger partial charge in [-0.05, 0) is 55.2 Å². The molecule has 0 atom stereocenters. The van der Waals surface area contributed by atoms with Gasteiger partial charge in [-0.2, -0.15) is 0 Å². The van der Waals surface area contributed by atoms with Crippen LogP contribution in [0.4, 0.5) is 21.5 Å². The van der Waals surface area contributed by atoms with Crippen LogP contribution in [0.25, 0.3) is 0 Å². The number of anilines is 3. The van der Waals surface area contributed by atoms with Gasteiger partial charge in [0, 0.05) is 17.9 Å². The zero-order valence-corrected chi connectivity index (χ0v) is 14.3. The number of hydrogen-bond acceptors (Lipinski definition) is 3. The summed E-state index contributed by atoms with van der Waals surface area (Å²) < 4.78 is 13.8. The van der Waals surface area contributed by atoms with Crippen LogP contribution in [0.5, 0.6) is 0 Å². The molecule has 0 aliphatic carbocycles. The van der Waals surface area contributed by atoms with Gasteiger partial charge in [0.25, 0.3) is 0 Å². The average molecular weight is 350 g/mol. The van der Waals surface area contributed by atoms with E-state index in [9.17, 15) is 9.18 Å². The zero-order chi connectivity index (χ0) is 16.4. The number of nitrogens with two attached hydrogens (primary N) is 1. The first kappa shape index (κ1) is 18.1. The number of nitrogens with one attached hydrogen (secondary N) is 1. The Morgan fingerprint density at radius 3 is 2.88 bits per heavy atom. The molecule has 1 aliphatic rings. The molecule has 24 heavy (non-hydrogen) atoms. The first-order valence-electron chi connectivity index (χ1n) is 7.73. The summed E-state index contributed by atoms with van der Waals surface area (Å²) in [6, 6.07) is 10.5. The normalized spacial score (nSPS) is 13.0. The van der Waals surface area contributed by atoms with E-state index >= 15 is 0 Å². The molecule has 0 saturated carbocycles. The molecule has 2 aromatic carbocycles. The second kappa shape index (κ2) is 7.53. The van der Waals surface area contributed by atoms with Crippen LogP contribution in [0.3, 0.4) is 0 Å². The van der Waals surface area contributed by atoms with E-state index in [4.69, 9.17) is 5.73 Å².